The number of aromatic nitrogens is 5. The highest BCUT2D eigenvalue weighted by atomic mass is 32.2. The average molecular weight is 343 g/mol. The van der Waals surface area contributed by atoms with Crippen molar-refractivity contribution in [1.29, 1.82) is 0 Å². The van der Waals surface area contributed by atoms with E-state index >= 15 is 0 Å². The molecule has 0 saturated heterocycles. The van der Waals surface area contributed by atoms with Crippen LogP contribution in [0.5, 0.6) is 0 Å². The number of nitrogens with zero attached hydrogens (tertiary/aromatic N) is 4. The van der Waals surface area contributed by atoms with Gasteiger partial charge >= 0.3 is 0 Å². The molecule has 6 nitrogen and oxygen atoms in total. The molecule has 0 radical (unpaired) electrons. The van der Waals surface area contributed by atoms with Gasteiger partial charge in [0.2, 0.25) is 11.0 Å². The maximum Gasteiger partial charge on any atom is 0.239 e. The minimum absolute atomic E-state index is 0.0183. The van der Waals surface area contributed by atoms with Crippen LogP contribution in [0, 0.1) is 6.92 Å². The maximum absolute atomic E-state index is 5.38. The molecule has 1 N–H and O–H groups in total. The van der Waals surface area contributed by atoms with Crippen molar-refractivity contribution < 1.29 is 4.52 Å². The average Bonchev–Trinajstić information content (AvgIpc) is 3.16. The summed E-state index contributed by atoms with van der Waals surface area (Å²) in [5.74, 6) is 2.05. The lowest BCUT2D eigenvalue weighted by Crippen LogP contribution is -2.13. The fourth-order valence-corrected chi connectivity index (χ4v) is 2.81. The van der Waals surface area contributed by atoms with Crippen molar-refractivity contribution in [3.63, 3.8) is 0 Å². The van der Waals surface area contributed by atoms with Crippen molar-refractivity contribution in [2.75, 3.05) is 0 Å². The summed E-state index contributed by atoms with van der Waals surface area (Å²) in [5.41, 5.74) is 2.10. The van der Waals surface area contributed by atoms with Crippen LogP contribution < -0.4 is 0 Å². The van der Waals surface area contributed by atoms with Gasteiger partial charge in [-0.25, -0.2) is 4.98 Å². The Morgan fingerprint density at radius 2 is 1.83 bits per heavy atom. The Morgan fingerprint density at radius 1 is 1.12 bits per heavy atom. The molecule has 7 heteroatoms. The zero-order valence-corrected chi connectivity index (χ0v) is 15.3. The van der Waals surface area contributed by atoms with Crippen molar-refractivity contribution in [2.24, 2.45) is 0 Å². The molecule has 0 aliphatic rings. The van der Waals surface area contributed by atoms with E-state index in [4.69, 9.17) is 4.52 Å². The largest absolute Gasteiger partial charge is 0.338 e. The van der Waals surface area contributed by atoms with Crippen molar-refractivity contribution >= 4 is 11.8 Å². The number of aromatic amines is 1. The third-order valence-corrected chi connectivity index (χ3v) is 4.48. The number of rotatable bonds is 4. The molecule has 2 aromatic heterocycles. The molecule has 0 amide bonds. The summed E-state index contributed by atoms with van der Waals surface area (Å²) in [4.78, 5) is 9.03. The van der Waals surface area contributed by atoms with E-state index in [0.717, 1.165) is 11.4 Å². The highest BCUT2D eigenvalue weighted by molar-refractivity contribution is 7.99. The Kier molecular flexibility index (Phi) is 4.45. The summed E-state index contributed by atoms with van der Waals surface area (Å²) in [5, 5.41) is 12.0. The van der Waals surface area contributed by atoms with E-state index in [1.54, 1.807) is 0 Å². The lowest BCUT2D eigenvalue weighted by molar-refractivity contribution is 0.364. The van der Waals surface area contributed by atoms with Crippen LogP contribution in [0.2, 0.25) is 0 Å². The molecule has 3 aromatic rings. The molecule has 0 saturated carbocycles. The van der Waals surface area contributed by atoms with Crippen molar-refractivity contribution in [2.45, 2.75) is 50.4 Å². The van der Waals surface area contributed by atoms with Gasteiger partial charge in [0.1, 0.15) is 0 Å². The highest BCUT2D eigenvalue weighted by Crippen LogP contribution is 2.33. The first-order valence-electron chi connectivity index (χ1n) is 7.83. The molecule has 24 heavy (non-hydrogen) atoms. The Balaban J connectivity index is 1.72. The van der Waals surface area contributed by atoms with Gasteiger partial charge in [-0.2, -0.15) is 4.98 Å². The second-order valence-corrected chi connectivity index (χ2v) is 8.11. The monoisotopic (exact) mass is 343 g/mol. The molecule has 0 fully saturated rings. The van der Waals surface area contributed by atoms with Crippen molar-refractivity contribution in [3.05, 3.63) is 41.5 Å². The van der Waals surface area contributed by atoms with E-state index in [1.165, 1.54) is 17.3 Å². The Bertz CT molecular complexity index is 816. The Hall–Kier alpha value is -2.15. The smallest absolute Gasteiger partial charge is 0.239 e. The molecule has 1 atom stereocenters. The standard InChI is InChI=1S/C17H21N5OS/c1-10-6-8-12(9-7-10)13-18-16(21-20-13)24-11(2)14-19-15(22-23-14)17(3,4)5/h6-9,11H,1-5H3,(H,18,20,21). The Morgan fingerprint density at radius 3 is 2.46 bits per heavy atom. The summed E-state index contributed by atoms with van der Waals surface area (Å²) in [7, 11) is 0. The second-order valence-electron chi connectivity index (χ2n) is 6.80. The minimum atomic E-state index is -0.130. The van der Waals surface area contributed by atoms with Gasteiger partial charge in [0.25, 0.3) is 0 Å². The molecule has 0 aliphatic carbocycles. The van der Waals surface area contributed by atoms with Gasteiger partial charge < -0.3 is 4.52 Å². The molecular weight excluding hydrogens is 322 g/mol. The summed E-state index contributed by atoms with van der Waals surface area (Å²) in [6, 6.07) is 8.17. The number of hydrogen-bond donors (Lipinski definition) is 1. The van der Waals surface area contributed by atoms with Gasteiger partial charge in [0, 0.05) is 11.0 Å². The van der Waals surface area contributed by atoms with Crippen LogP contribution in [0.1, 0.15) is 50.2 Å². The number of thioether (sulfide) groups is 1. The number of H-pyrrole nitrogens is 1. The van der Waals surface area contributed by atoms with Gasteiger partial charge in [0.15, 0.2) is 11.6 Å². The molecule has 3 rings (SSSR count). The van der Waals surface area contributed by atoms with E-state index < -0.39 is 0 Å². The molecular formula is C17H21N5OS. The lowest BCUT2D eigenvalue weighted by atomic mass is 9.96. The van der Waals surface area contributed by atoms with E-state index in [1.807, 2.05) is 19.1 Å². The third-order valence-electron chi connectivity index (χ3n) is 3.53. The third kappa shape index (κ3) is 3.67. The van der Waals surface area contributed by atoms with Crippen molar-refractivity contribution in [3.8, 4) is 11.4 Å². The van der Waals surface area contributed by atoms with Crippen LogP contribution >= 0.6 is 11.8 Å². The second kappa shape index (κ2) is 6.39. The van der Waals surface area contributed by atoms with E-state index in [9.17, 15) is 0 Å². The fourth-order valence-electron chi connectivity index (χ4n) is 2.05. The topological polar surface area (TPSA) is 80.5 Å². The molecule has 0 spiro atoms. The van der Waals surface area contributed by atoms with Crippen LogP contribution in [-0.2, 0) is 5.41 Å². The van der Waals surface area contributed by atoms with Crippen LogP contribution in [0.25, 0.3) is 11.4 Å². The molecule has 126 valence electrons. The normalized spacial score (nSPS) is 13.2. The summed E-state index contributed by atoms with van der Waals surface area (Å²) < 4.78 is 5.38. The lowest BCUT2D eigenvalue weighted by Gasteiger charge is -2.11. The first kappa shape index (κ1) is 16.7. The van der Waals surface area contributed by atoms with Gasteiger partial charge in [-0.05, 0) is 13.8 Å². The summed E-state index contributed by atoms with van der Waals surface area (Å²) >= 11 is 1.49. The molecule has 0 bridgehead atoms. The van der Waals surface area contributed by atoms with Crippen LogP contribution in [0.15, 0.2) is 33.9 Å². The molecule has 2 heterocycles. The number of nitrogens with one attached hydrogen (secondary N) is 1. The van der Waals surface area contributed by atoms with Crippen LogP contribution in [0.4, 0.5) is 0 Å². The van der Waals surface area contributed by atoms with E-state index in [0.29, 0.717) is 16.9 Å². The predicted octanol–water partition coefficient (Wildman–Crippen LogP) is 4.31. The van der Waals surface area contributed by atoms with Gasteiger partial charge in [-0.15, -0.1) is 5.10 Å². The summed E-state index contributed by atoms with van der Waals surface area (Å²) in [6.07, 6.45) is 0. The molecule has 1 aromatic carbocycles. The predicted molar refractivity (Wildman–Crippen MR) is 93.8 cm³/mol. The van der Waals surface area contributed by atoms with Gasteiger partial charge in [-0.3, -0.25) is 5.10 Å². The van der Waals surface area contributed by atoms with Crippen LogP contribution in [0.3, 0.4) is 0 Å². The van der Waals surface area contributed by atoms with Gasteiger partial charge in [0.05, 0.1) is 5.25 Å². The fraction of sp³-hybridized carbons (Fsp3) is 0.412. The van der Waals surface area contributed by atoms with E-state index in [2.05, 4.69) is 65.1 Å². The zero-order chi connectivity index (χ0) is 17.3. The van der Waals surface area contributed by atoms with Gasteiger partial charge in [-0.1, -0.05) is 67.5 Å². The first-order valence-corrected chi connectivity index (χ1v) is 8.71. The van der Waals surface area contributed by atoms with Crippen molar-refractivity contribution in [1.82, 2.24) is 25.3 Å². The maximum atomic E-state index is 5.38. The SMILES string of the molecule is Cc1ccc(-c2nc(SC(C)c3nc(C(C)(C)C)no3)n[nH]2)cc1. The number of aryl methyl sites for hydroxylation is 1. The quantitative estimate of drug-likeness (QED) is 0.711. The minimum Gasteiger partial charge on any atom is -0.338 e. The number of benzene rings is 1. The zero-order valence-electron chi connectivity index (χ0n) is 14.5. The molecule has 0 aliphatic heterocycles. The first-order chi connectivity index (χ1) is 11.3. The Labute approximate surface area is 145 Å². The molecule has 1 unspecified atom stereocenters. The van der Waals surface area contributed by atoms with E-state index in [-0.39, 0.29) is 10.7 Å². The summed E-state index contributed by atoms with van der Waals surface area (Å²) in [6.45, 7) is 10.2. The number of hydrogen-bond acceptors (Lipinski definition) is 6. The van der Waals surface area contributed by atoms with Crippen LogP contribution in [-0.4, -0.2) is 25.3 Å². The highest BCUT2D eigenvalue weighted by Gasteiger charge is 2.24.